The first-order valence-corrected chi connectivity index (χ1v) is 22.8. The van der Waals surface area contributed by atoms with E-state index in [9.17, 15) is 0 Å². The first-order chi connectivity index (χ1) is 33.2. The Bertz CT molecular complexity index is 3890. The minimum atomic E-state index is 0.596. The Hall–Kier alpha value is -8.99. The Balaban J connectivity index is 1.12. The molecule has 67 heavy (non-hydrogen) atoms. The second-order valence-corrected chi connectivity index (χ2v) is 17.1. The summed E-state index contributed by atoms with van der Waals surface area (Å²) in [6.45, 7) is 0. The highest BCUT2D eigenvalue weighted by Crippen LogP contribution is 2.44. The highest BCUT2D eigenvalue weighted by atomic mass is 15.1. The van der Waals surface area contributed by atoms with Crippen LogP contribution in [0, 0.1) is 0 Å². The number of nitrogens with zero attached hydrogens (tertiary/aromatic N) is 4. The summed E-state index contributed by atoms with van der Waals surface area (Å²) in [6, 6.07) is 86.5. The lowest BCUT2D eigenvalue weighted by atomic mass is 9.92. The van der Waals surface area contributed by atoms with Gasteiger partial charge in [0.1, 0.15) is 0 Å². The number of fused-ring (bicyclic) bond motifs is 9. The van der Waals surface area contributed by atoms with E-state index in [1.807, 2.05) is 12.1 Å². The molecule has 312 valence electrons. The molecule has 11 aromatic carbocycles. The Morgan fingerprint density at radius 1 is 0.239 bits per heavy atom. The highest BCUT2D eigenvalue weighted by Gasteiger charge is 2.23. The molecule has 0 aliphatic carbocycles. The third kappa shape index (κ3) is 6.57. The minimum absolute atomic E-state index is 0.596. The van der Waals surface area contributed by atoms with Crippen LogP contribution in [0.4, 0.5) is 0 Å². The van der Waals surface area contributed by atoms with Gasteiger partial charge in [0.2, 0.25) is 0 Å². The quantitative estimate of drug-likeness (QED) is 0.150. The van der Waals surface area contributed by atoms with Crippen LogP contribution in [0.15, 0.2) is 243 Å². The lowest BCUT2D eigenvalue weighted by Gasteiger charge is -2.18. The Kier molecular flexibility index (Phi) is 9.14. The van der Waals surface area contributed by atoms with Crippen molar-refractivity contribution in [3.63, 3.8) is 0 Å². The van der Waals surface area contributed by atoms with Crippen LogP contribution in [-0.2, 0) is 0 Å². The fourth-order valence-electron chi connectivity index (χ4n) is 10.1. The monoisotopic (exact) mass is 852 g/mol. The molecule has 0 spiro atoms. The topological polar surface area (TPSA) is 43.6 Å². The van der Waals surface area contributed by atoms with Gasteiger partial charge in [0, 0.05) is 27.5 Å². The van der Waals surface area contributed by atoms with Crippen molar-refractivity contribution in [3.8, 4) is 73.2 Å². The van der Waals surface area contributed by atoms with Gasteiger partial charge in [-0.25, -0.2) is 15.0 Å². The second kappa shape index (κ2) is 15.9. The van der Waals surface area contributed by atoms with E-state index in [2.05, 4.69) is 235 Å². The minimum Gasteiger partial charge on any atom is -0.308 e. The van der Waals surface area contributed by atoms with Crippen LogP contribution in [-0.4, -0.2) is 19.5 Å². The van der Waals surface area contributed by atoms with Crippen LogP contribution in [0.1, 0.15) is 0 Å². The lowest BCUT2D eigenvalue weighted by Crippen LogP contribution is -2.04. The van der Waals surface area contributed by atoms with Crippen molar-refractivity contribution in [1.82, 2.24) is 19.5 Å². The molecule has 4 nitrogen and oxygen atoms in total. The number of benzene rings is 11. The molecule has 0 unspecified atom stereocenters. The number of rotatable bonds is 7. The van der Waals surface area contributed by atoms with Crippen LogP contribution < -0.4 is 0 Å². The zero-order chi connectivity index (χ0) is 44.3. The summed E-state index contributed by atoms with van der Waals surface area (Å²) in [5.74, 6) is 1.81. The standard InChI is InChI=1S/C63H40N4/c1-4-17-41(18-5-1)43-31-35-46(36-32-43)61-64-62(47-37-33-44(34-38-47)42-19-6-2-7-20-42)66-63(65-61)56-39-54-51-25-12-10-23-49(51)50-24-11-13-26-52(50)55(54)40-59(56)67-57-29-15-14-27-53(57)60-48(28-16-30-58(60)67)45-21-8-3-9-22-45/h1-40H. The molecule has 2 heterocycles. The second-order valence-electron chi connectivity index (χ2n) is 17.1. The molecule has 0 atom stereocenters. The summed E-state index contributed by atoms with van der Waals surface area (Å²) in [5.41, 5.74) is 12.9. The van der Waals surface area contributed by atoms with Gasteiger partial charge in [-0.15, -0.1) is 0 Å². The Morgan fingerprint density at radius 2 is 0.627 bits per heavy atom. The maximum Gasteiger partial charge on any atom is 0.166 e. The van der Waals surface area contributed by atoms with Gasteiger partial charge in [-0.3, -0.25) is 0 Å². The van der Waals surface area contributed by atoms with Gasteiger partial charge in [-0.1, -0.05) is 218 Å². The number of hydrogen-bond acceptors (Lipinski definition) is 3. The van der Waals surface area contributed by atoms with Gasteiger partial charge in [-0.05, 0) is 90.0 Å². The fourth-order valence-corrected chi connectivity index (χ4v) is 10.1. The van der Waals surface area contributed by atoms with Crippen LogP contribution in [0.25, 0.3) is 127 Å². The molecule has 0 radical (unpaired) electrons. The largest absolute Gasteiger partial charge is 0.308 e. The summed E-state index contributed by atoms with van der Waals surface area (Å²) in [4.78, 5) is 16.2. The van der Waals surface area contributed by atoms with E-state index in [1.54, 1.807) is 0 Å². The van der Waals surface area contributed by atoms with Crippen molar-refractivity contribution in [3.05, 3.63) is 243 Å². The normalized spacial score (nSPS) is 11.6. The maximum atomic E-state index is 5.48. The first-order valence-electron chi connectivity index (χ1n) is 22.8. The van der Waals surface area contributed by atoms with Crippen molar-refractivity contribution in [2.45, 2.75) is 0 Å². The van der Waals surface area contributed by atoms with Crippen LogP contribution >= 0.6 is 0 Å². The first kappa shape index (κ1) is 38.5. The summed E-state index contributed by atoms with van der Waals surface area (Å²) < 4.78 is 2.43. The van der Waals surface area contributed by atoms with Gasteiger partial charge < -0.3 is 4.57 Å². The molecule has 0 bridgehead atoms. The third-order valence-corrected chi connectivity index (χ3v) is 13.3. The lowest BCUT2D eigenvalue weighted by molar-refractivity contribution is 1.07. The van der Waals surface area contributed by atoms with E-state index in [4.69, 9.17) is 15.0 Å². The van der Waals surface area contributed by atoms with E-state index in [0.29, 0.717) is 17.5 Å². The van der Waals surface area contributed by atoms with Crippen molar-refractivity contribution < 1.29 is 0 Å². The summed E-state index contributed by atoms with van der Waals surface area (Å²) >= 11 is 0. The number of aromatic nitrogens is 4. The molecular formula is C63H40N4. The van der Waals surface area contributed by atoms with Crippen molar-refractivity contribution in [1.29, 1.82) is 0 Å². The molecule has 13 rings (SSSR count). The molecule has 0 saturated carbocycles. The van der Waals surface area contributed by atoms with Gasteiger partial charge in [0.25, 0.3) is 0 Å². The third-order valence-electron chi connectivity index (χ3n) is 13.3. The molecule has 0 aliphatic rings. The average Bonchev–Trinajstić information content (AvgIpc) is 3.76. The molecule has 4 heteroatoms. The zero-order valence-corrected chi connectivity index (χ0v) is 36.4. The van der Waals surface area contributed by atoms with Crippen molar-refractivity contribution in [2.24, 2.45) is 0 Å². The fraction of sp³-hybridized carbons (Fsp3) is 0. The van der Waals surface area contributed by atoms with Crippen LogP contribution in [0.3, 0.4) is 0 Å². The van der Waals surface area contributed by atoms with Gasteiger partial charge >= 0.3 is 0 Å². The molecule has 0 aliphatic heterocycles. The molecule has 0 N–H and O–H groups in total. The number of hydrogen-bond donors (Lipinski definition) is 0. The zero-order valence-electron chi connectivity index (χ0n) is 36.4. The average molecular weight is 853 g/mol. The van der Waals surface area contributed by atoms with Gasteiger partial charge in [0.15, 0.2) is 17.5 Å². The Labute approximate surface area is 387 Å². The van der Waals surface area contributed by atoms with Gasteiger partial charge in [-0.2, -0.15) is 0 Å². The smallest absolute Gasteiger partial charge is 0.166 e. The predicted octanol–water partition coefficient (Wildman–Crippen LogP) is 16.4. The molecule has 0 fully saturated rings. The molecule has 0 amide bonds. The highest BCUT2D eigenvalue weighted by molar-refractivity contribution is 6.26. The number of para-hydroxylation sites is 1. The van der Waals surface area contributed by atoms with Crippen molar-refractivity contribution >= 4 is 54.1 Å². The Morgan fingerprint density at radius 3 is 1.16 bits per heavy atom. The van der Waals surface area contributed by atoms with E-state index in [0.717, 1.165) is 61.1 Å². The molecular weight excluding hydrogens is 813 g/mol. The summed E-state index contributed by atoms with van der Waals surface area (Å²) in [7, 11) is 0. The molecule has 13 aromatic rings. The maximum absolute atomic E-state index is 5.48. The summed E-state index contributed by atoms with van der Waals surface area (Å²) in [6.07, 6.45) is 0. The van der Waals surface area contributed by atoms with E-state index in [1.165, 1.54) is 48.8 Å². The van der Waals surface area contributed by atoms with Crippen molar-refractivity contribution in [2.75, 3.05) is 0 Å². The van der Waals surface area contributed by atoms with E-state index in [-0.39, 0.29) is 0 Å². The predicted molar refractivity (Wildman–Crippen MR) is 279 cm³/mol. The van der Waals surface area contributed by atoms with Crippen LogP contribution in [0.5, 0.6) is 0 Å². The van der Waals surface area contributed by atoms with E-state index < -0.39 is 0 Å². The van der Waals surface area contributed by atoms with Crippen LogP contribution in [0.2, 0.25) is 0 Å². The molecule has 0 saturated heterocycles. The van der Waals surface area contributed by atoms with Gasteiger partial charge in [0.05, 0.1) is 16.7 Å². The SMILES string of the molecule is c1ccc(-c2ccc(-c3nc(-c4ccc(-c5ccccc5)cc4)nc(-c4cc5c6ccccc6c6ccccc6c5cc4-n4c5ccccc5c5c(-c6ccccc6)cccc54)n3)cc2)cc1. The summed E-state index contributed by atoms with van der Waals surface area (Å²) in [5, 5.41) is 9.50. The van der Waals surface area contributed by atoms with E-state index >= 15 is 0 Å². The molecule has 2 aromatic heterocycles.